The third kappa shape index (κ3) is 4.72. The van der Waals surface area contributed by atoms with Gasteiger partial charge >= 0.3 is 5.97 Å². The van der Waals surface area contributed by atoms with Crippen molar-refractivity contribution in [3.8, 4) is 5.88 Å². The van der Waals surface area contributed by atoms with Crippen LogP contribution in [0.2, 0.25) is 0 Å². The molecule has 1 aromatic carbocycles. The van der Waals surface area contributed by atoms with Crippen molar-refractivity contribution >= 4 is 11.9 Å². The SMILES string of the molecule is COC(=O)[C@@H](Cc1ccc(OC)nc1)NC(=O)c1ccc(F)cc1F. The lowest BCUT2D eigenvalue weighted by Gasteiger charge is -2.17. The van der Waals surface area contributed by atoms with Gasteiger partial charge in [0.25, 0.3) is 5.91 Å². The number of methoxy groups -OCH3 is 2. The first-order valence-electron chi connectivity index (χ1n) is 7.27. The Hall–Kier alpha value is -3.03. The van der Waals surface area contributed by atoms with Gasteiger partial charge in [0.2, 0.25) is 5.88 Å². The van der Waals surface area contributed by atoms with Crippen LogP contribution in [0.5, 0.6) is 5.88 Å². The quantitative estimate of drug-likeness (QED) is 0.805. The molecule has 0 aliphatic carbocycles. The number of hydrogen-bond acceptors (Lipinski definition) is 5. The van der Waals surface area contributed by atoms with Gasteiger partial charge in [0.05, 0.1) is 19.8 Å². The zero-order chi connectivity index (χ0) is 18.4. The molecule has 2 aromatic rings. The number of esters is 1. The summed E-state index contributed by atoms with van der Waals surface area (Å²) < 4.78 is 36.3. The number of hydrogen-bond donors (Lipinski definition) is 1. The zero-order valence-corrected chi connectivity index (χ0v) is 13.6. The number of benzene rings is 1. The second-order valence-corrected chi connectivity index (χ2v) is 5.09. The Kier molecular flexibility index (Phi) is 5.99. The van der Waals surface area contributed by atoms with E-state index in [1.807, 2.05) is 0 Å². The van der Waals surface area contributed by atoms with Crippen molar-refractivity contribution in [1.82, 2.24) is 10.3 Å². The summed E-state index contributed by atoms with van der Waals surface area (Å²) in [5, 5.41) is 2.39. The fourth-order valence-corrected chi connectivity index (χ4v) is 2.13. The first-order chi connectivity index (χ1) is 11.9. The molecule has 1 amide bonds. The molecular weight excluding hydrogens is 334 g/mol. The lowest BCUT2D eigenvalue weighted by molar-refractivity contribution is -0.142. The molecule has 132 valence electrons. The fourth-order valence-electron chi connectivity index (χ4n) is 2.13. The number of rotatable bonds is 6. The molecule has 8 heteroatoms. The molecule has 0 saturated carbocycles. The summed E-state index contributed by atoms with van der Waals surface area (Å²) in [5.41, 5.74) is 0.263. The van der Waals surface area contributed by atoms with Crippen molar-refractivity contribution in [2.24, 2.45) is 0 Å². The largest absolute Gasteiger partial charge is 0.481 e. The molecule has 0 aliphatic heterocycles. The minimum Gasteiger partial charge on any atom is -0.481 e. The van der Waals surface area contributed by atoms with Crippen LogP contribution < -0.4 is 10.1 Å². The van der Waals surface area contributed by atoms with Gasteiger partial charge in [0.1, 0.15) is 17.7 Å². The van der Waals surface area contributed by atoms with Crippen LogP contribution in [0.25, 0.3) is 0 Å². The van der Waals surface area contributed by atoms with Gasteiger partial charge in [-0.2, -0.15) is 0 Å². The number of amides is 1. The van der Waals surface area contributed by atoms with Crippen LogP contribution in [-0.4, -0.2) is 37.1 Å². The highest BCUT2D eigenvalue weighted by Gasteiger charge is 2.24. The highest BCUT2D eigenvalue weighted by Crippen LogP contribution is 2.12. The van der Waals surface area contributed by atoms with Crippen LogP contribution in [0.3, 0.4) is 0 Å². The molecule has 1 aromatic heterocycles. The highest BCUT2D eigenvalue weighted by atomic mass is 19.1. The van der Waals surface area contributed by atoms with Crippen LogP contribution >= 0.6 is 0 Å². The summed E-state index contributed by atoms with van der Waals surface area (Å²) in [6, 6.07) is 4.77. The average Bonchev–Trinajstić information content (AvgIpc) is 2.60. The third-order valence-electron chi connectivity index (χ3n) is 3.41. The van der Waals surface area contributed by atoms with Crippen LogP contribution in [0.4, 0.5) is 8.78 Å². The number of halogens is 2. The van der Waals surface area contributed by atoms with Crippen molar-refractivity contribution in [3.63, 3.8) is 0 Å². The predicted octanol–water partition coefficient (Wildman–Crippen LogP) is 1.88. The normalized spacial score (nSPS) is 11.5. The van der Waals surface area contributed by atoms with Gasteiger partial charge in [-0.25, -0.2) is 18.6 Å². The standard InChI is InChI=1S/C17H16F2N2O4/c1-24-15-6-3-10(9-20-15)7-14(17(23)25-2)21-16(22)12-5-4-11(18)8-13(12)19/h3-6,8-9,14H,7H2,1-2H3,(H,21,22)/t14-/m1/s1. The van der Waals surface area contributed by atoms with E-state index in [0.717, 1.165) is 12.1 Å². The molecule has 1 N–H and O–H groups in total. The summed E-state index contributed by atoms with van der Waals surface area (Å²) in [7, 11) is 2.64. The Morgan fingerprint density at radius 3 is 2.52 bits per heavy atom. The monoisotopic (exact) mass is 350 g/mol. The molecule has 0 bridgehead atoms. The van der Waals surface area contributed by atoms with Gasteiger partial charge in [0, 0.05) is 24.8 Å². The van der Waals surface area contributed by atoms with E-state index in [1.54, 1.807) is 12.1 Å². The van der Waals surface area contributed by atoms with Gasteiger partial charge < -0.3 is 14.8 Å². The molecule has 0 saturated heterocycles. The van der Waals surface area contributed by atoms with Crippen LogP contribution in [0, 0.1) is 11.6 Å². The third-order valence-corrected chi connectivity index (χ3v) is 3.41. The zero-order valence-electron chi connectivity index (χ0n) is 13.6. The predicted molar refractivity (Wildman–Crippen MR) is 84.1 cm³/mol. The molecule has 6 nitrogen and oxygen atoms in total. The average molecular weight is 350 g/mol. The second kappa shape index (κ2) is 8.18. The van der Waals surface area contributed by atoms with E-state index < -0.39 is 29.6 Å². The second-order valence-electron chi connectivity index (χ2n) is 5.09. The fraction of sp³-hybridized carbons (Fsp3) is 0.235. The number of pyridine rings is 1. The molecule has 0 aliphatic rings. The smallest absolute Gasteiger partial charge is 0.328 e. The van der Waals surface area contributed by atoms with Crippen molar-refractivity contribution < 1.29 is 27.8 Å². The Morgan fingerprint density at radius 1 is 1.20 bits per heavy atom. The maximum absolute atomic E-state index is 13.7. The van der Waals surface area contributed by atoms with E-state index in [-0.39, 0.29) is 12.0 Å². The molecule has 2 rings (SSSR count). The number of aromatic nitrogens is 1. The van der Waals surface area contributed by atoms with E-state index in [9.17, 15) is 18.4 Å². The van der Waals surface area contributed by atoms with Crippen molar-refractivity contribution in [2.75, 3.05) is 14.2 Å². The van der Waals surface area contributed by atoms with Gasteiger partial charge in [-0.05, 0) is 17.7 Å². The molecule has 0 unspecified atom stereocenters. The number of ether oxygens (including phenoxy) is 2. The minimum atomic E-state index is -1.06. The van der Waals surface area contributed by atoms with Crippen molar-refractivity contribution in [1.29, 1.82) is 0 Å². The molecule has 0 fully saturated rings. The van der Waals surface area contributed by atoms with Crippen LogP contribution in [-0.2, 0) is 16.0 Å². The summed E-state index contributed by atoms with van der Waals surface area (Å²) in [6.45, 7) is 0. The van der Waals surface area contributed by atoms with Gasteiger partial charge in [0.15, 0.2) is 0 Å². The maximum Gasteiger partial charge on any atom is 0.328 e. The van der Waals surface area contributed by atoms with Crippen LogP contribution in [0.15, 0.2) is 36.5 Å². The van der Waals surface area contributed by atoms with E-state index in [1.165, 1.54) is 20.4 Å². The first-order valence-corrected chi connectivity index (χ1v) is 7.27. The lowest BCUT2D eigenvalue weighted by atomic mass is 10.1. The lowest BCUT2D eigenvalue weighted by Crippen LogP contribution is -2.43. The van der Waals surface area contributed by atoms with Crippen molar-refractivity contribution in [3.05, 3.63) is 59.3 Å². The summed E-state index contributed by atoms with van der Waals surface area (Å²) in [4.78, 5) is 28.1. The molecule has 0 radical (unpaired) electrons. The van der Waals surface area contributed by atoms with E-state index in [0.29, 0.717) is 17.5 Å². The summed E-state index contributed by atoms with van der Waals surface area (Å²) >= 11 is 0. The number of carbonyl (C=O) groups excluding carboxylic acids is 2. The number of nitrogens with one attached hydrogen (secondary N) is 1. The van der Waals surface area contributed by atoms with Gasteiger partial charge in [-0.1, -0.05) is 6.07 Å². The highest BCUT2D eigenvalue weighted by molar-refractivity contribution is 5.97. The topological polar surface area (TPSA) is 77.5 Å². The number of nitrogens with zero attached hydrogens (tertiary/aromatic N) is 1. The Balaban J connectivity index is 2.16. The van der Waals surface area contributed by atoms with E-state index in [4.69, 9.17) is 4.74 Å². The minimum absolute atomic E-state index is 0.0816. The molecule has 0 spiro atoms. The Bertz CT molecular complexity index is 766. The Labute approximate surface area is 142 Å². The van der Waals surface area contributed by atoms with Crippen LogP contribution in [0.1, 0.15) is 15.9 Å². The van der Waals surface area contributed by atoms with Gasteiger partial charge in [-0.3, -0.25) is 4.79 Å². The van der Waals surface area contributed by atoms with E-state index in [2.05, 4.69) is 15.0 Å². The number of carbonyl (C=O) groups is 2. The Morgan fingerprint density at radius 2 is 1.96 bits per heavy atom. The van der Waals surface area contributed by atoms with Gasteiger partial charge in [-0.15, -0.1) is 0 Å². The molecule has 25 heavy (non-hydrogen) atoms. The summed E-state index contributed by atoms with van der Waals surface area (Å²) in [6.07, 6.45) is 1.57. The first kappa shape index (κ1) is 18.3. The van der Waals surface area contributed by atoms with Crippen molar-refractivity contribution in [2.45, 2.75) is 12.5 Å². The van der Waals surface area contributed by atoms with E-state index >= 15 is 0 Å². The molecule has 1 heterocycles. The molecular formula is C17H16F2N2O4. The molecule has 1 atom stereocenters. The summed E-state index contributed by atoms with van der Waals surface area (Å²) in [5.74, 6) is -2.98. The maximum atomic E-state index is 13.7.